The van der Waals surface area contributed by atoms with Crippen molar-refractivity contribution in [3.63, 3.8) is 0 Å². The van der Waals surface area contributed by atoms with E-state index in [0.717, 1.165) is 86.0 Å². The van der Waals surface area contributed by atoms with Crippen LogP contribution in [0.2, 0.25) is 0 Å². The number of carbonyl (C=O) groups excluding carboxylic acids is 1. The molecule has 3 saturated heterocycles. The smallest absolute Gasteiger partial charge is 0.269 e. The summed E-state index contributed by atoms with van der Waals surface area (Å²) < 4.78 is 45.5. The molecule has 7 rings (SSSR count). The van der Waals surface area contributed by atoms with Gasteiger partial charge in [0.2, 0.25) is 10.0 Å². The number of piperidine rings is 3. The van der Waals surface area contributed by atoms with Crippen molar-refractivity contribution in [3.8, 4) is 5.75 Å². The molecule has 4 aromatic carbocycles. The SMILES string of the molecule is CN(C)CCC1CCNCC1.COc1cc(C)c(S(=O)(=O)N(C)CCC(=O)Cc2ccc(N3CCC(CCN(C)C)CC3)c(C)c2)c(C)c1.Cc1cc([N+](=O)[O-])ccc1F.Cc1cc([N+](=O)[O-])ccc1N1CCC(CCN(C)C)CC1.Cl. The van der Waals surface area contributed by atoms with Gasteiger partial charge >= 0.3 is 0 Å². The third-order valence-corrected chi connectivity index (χ3v) is 17.9. The van der Waals surface area contributed by atoms with Crippen LogP contribution in [0.5, 0.6) is 5.75 Å². The van der Waals surface area contributed by atoms with Gasteiger partial charge in [-0.3, -0.25) is 25.0 Å². The predicted octanol–water partition coefficient (Wildman–Crippen LogP) is 11.1. The third-order valence-electron chi connectivity index (χ3n) is 15.8. The van der Waals surface area contributed by atoms with E-state index >= 15 is 0 Å². The third kappa shape index (κ3) is 23.4. The second kappa shape index (κ2) is 35.1. The Labute approximate surface area is 496 Å². The lowest BCUT2D eigenvalue weighted by atomic mass is 9.92. The Kier molecular flexibility index (Phi) is 30.4. The number of carbonyl (C=O) groups is 1. The van der Waals surface area contributed by atoms with Crippen molar-refractivity contribution in [3.05, 3.63) is 126 Å². The highest BCUT2D eigenvalue weighted by atomic mass is 35.5. The van der Waals surface area contributed by atoms with E-state index in [9.17, 15) is 37.8 Å². The second-order valence-corrected chi connectivity index (χ2v) is 25.2. The largest absolute Gasteiger partial charge is 0.497 e. The minimum atomic E-state index is -3.71. The molecule has 0 unspecified atom stereocenters. The molecular formula is C62H97ClFN9O8S. The molecule has 3 fully saturated rings. The quantitative estimate of drug-likeness (QED) is 0.0615. The maximum absolute atomic E-state index is 13.2. The summed E-state index contributed by atoms with van der Waals surface area (Å²) in [6.07, 6.45) is 12.0. The predicted molar refractivity (Wildman–Crippen MR) is 335 cm³/mol. The van der Waals surface area contributed by atoms with Crippen LogP contribution in [0.4, 0.5) is 27.1 Å². The Morgan fingerprint density at radius 3 is 1.43 bits per heavy atom. The fraction of sp³-hybridized carbons (Fsp3) is 0.597. The van der Waals surface area contributed by atoms with Gasteiger partial charge < -0.3 is 34.6 Å². The summed E-state index contributed by atoms with van der Waals surface area (Å²) in [5.41, 5.74) is 7.21. The van der Waals surface area contributed by atoms with Crippen LogP contribution < -0.4 is 19.9 Å². The number of rotatable bonds is 21. The zero-order valence-corrected chi connectivity index (χ0v) is 53.1. The van der Waals surface area contributed by atoms with E-state index in [4.69, 9.17) is 4.74 Å². The molecular weight excluding hydrogens is 1090 g/mol. The number of nitro groups is 2. The lowest BCUT2D eigenvalue weighted by Crippen LogP contribution is -2.35. The molecule has 0 bridgehead atoms. The van der Waals surface area contributed by atoms with Gasteiger partial charge in [0.25, 0.3) is 11.4 Å². The summed E-state index contributed by atoms with van der Waals surface area (Å²) in [5, 5.41) is 24.3. The molecule has 0 saturated carbocycles. The number of anilines is 2. The van der Waals surface area contributed by atoms with Crippen molar-refractivity contribution < 1.29 is 32.2 Å². The summed E-state index contributed by atoms with van der Waals surface area (Å²) in [6.45, 7) is 19.5. The van der Waals surface area contributed by atoms with Crippen LogP contribution in [0.3, 0.4) is 0 Å². The van der Waals surface area contributed by atoms with Crippen molar-refractivity contribution in [1.82, 2.24) is 24.3 Å². The second-order valence-electron chi connectivity index (χ2n) is 23.3. The summed E-state index contributed by atoms with van der Waals surface area (Å²) >= 11 is 0. The van der Waals surface area contributed by atoms with Crippen molar-refractivity contribution in [2.24, 2.45) is 17.8 Å². The summed E-state index contributed by atoms with van der Waals surface area (Å²) in [4.78, 5) is 44.8. The molecule has 0 aliphatic carbocycles. The van der Waals surface area contributed by atoms with Crippen molar-refractivity contribution in [2.75, 3.05) is 132 Å². The van der Waals surface area contributed by atoms with Crippen LogP contribution in [0, 0.1) is 78.4 Å². The number of ketones is 1. The van der Waals surface area contributed by atoms with Crippen LogP contribution >= 0.6 is 12.4 Å². The van der Waals surface area contributed by atoms with Crippen LogP contribution in [-0.2, 0) is 21.2 Å². The van der Waals surface area contributed by atoms with Crippen molar-refractivity contribution in [2.45, 2.75) is 110 Å². The van der Waals surface area contributed by atoms with Gasteiger partial charge in [-0.25, -0.2) is 17.1 Å². The van der Waals surface area contributed by atoms with Crippen molar-refractivity contribution in [1.29, 1.82) is 0 Å². The maximum atomic E-state index is 13.2. The van der Waals surface area contributed by atoms with E-state index < -0.39 is 20.8 Å². The molecule has 82 heavy (non-hydrogen) atoms. The first-order valence-electron chi connectivity index (χ1n) is 28.8. The van der Waals surface area contributed by atoms with Gasteiger partial charge in [-0.2, -0.15) is 0 Å². The standard InChI is InChI=1S/C30H45N3O4S.C16H25N3O2.C9H20N2.C7H6FNO2.ClH/c1-22-18-26(8-9-29(22)33-16-11-25(12-17-33)10-14-31(4)5)21-27(34)13-15-32(6)38(35,36)30-23(2)19-28(37-7)20-24(30)3;1-13-12-15(19(20)21)4-5-16(13)18-10-7-14(8-11-18)6-9-17(2)3;1-11(2)8-5-9-3-6-10-7-4-9;1-5-4-6(9(10)11)2-3-7(5)8;/h8-9,18-20,25H,10-17,21H2,1-7H3;4-5,12,14H,6-11H2,1-3H3;9-10H,3-8H2,1-2H3;2-4H,1H3;1H. The highest BCUT2D eigenvalue weighted by Crippen LogP contribution is 2.32. The number of Topliss-reactive ketones (excluding diaryl/α,β-unsaturated/α-hetero) is 1. The molecule has 3 aliphatic rings. The Morgan fingerprint density at radius 2 is 1.02 bits per heavy atom. The molecule has 4 aromatic rings. The number of nitro benzene ring substituents is 2. The number of ether oxygens (including phenoxy) is 1. The molecule has 458 valence electrons. The minimum absolute atomic E-state index is 0. The molecule has 0 amide bonds. The number of nitrogens with one attached hydrogen (secondary N) is 1. The fourth-order valence-electron chi connectivity index (χ4n) is 10.8. The number of aryl methyl sites for hydroxylation is 5. The zero-order chi connectivity index (χ0) is 60.0. The summed E-state index contributed by atoms with van der Waals surface area (Å²) in [5.74, 6) is 2.83. The molecule has 20 heteroatoms. The van der Waals surface area contributed by atoms with Gasteiger partial charge in [0.05, 0.1) is 21.9 Å². The van der Waals surface area contributed by atoms with Gasteiger partial charge in [-0.05, 0) is 249 Å². The summed E-state index contributed by atoms with van der Waals surface area (Å²) in [6, 6.07) is 18.4. The Balaban J connectivity index is 0.000000332. The summed E-state index contributed by atoms with van der Waals surface area (Å²) in [7, 11) is 12.2. The lowest BCUT2D eigenvalue weighted by molar-refractivity contribution is -0.385. The van der Waals surface area contributed by atoms with E-state index in [0.29, 0.717) is 28.9 Å². The number of non-ortho nitro benzene ring substituents is 2. The fourth-order valence-corrected chi connectivity index (χ4v) is 12.3. The Hall–Kier alpha value is -5.28. The Bertz CT molecular complexity index is 2720. The molecule has 17 nitrogen and oxygen atoms in total. The molecule has 3 heterocycles. The van der Waals surface area contributed by atoms with Crippen LogP contribution in [0.25, 0.3) is 0 Å². The van der Waals surface area contributed by atoms with Gasteiger partial charge in [0, 0.05) is 88.3 Å². The van der Waals surface area contributed by atoms with E-state index in [1.165, 1.54) is 113 Å². The van der Waals surface area contributed by atoms with Crippen molar-refractivity contribution >= 4 is 51.0 Å². The molecule has 0 radical (unpaired) electrons. The average molecular weight is 1180 g/mol. The van der Waals surface area contributed by atoms with Gasteiger partial charge in [-0.1, -0.05) is 12.1 Å². The topological polar surface area (TPSA) is 178 Å². The van der Waals surface area contributed by atoms with E-state index in [2.05, 4.69) is 91.2 Å². The number of nitrogens with zero attached hydrogens (tertiary/aromatic N) is 8. The van der Waals surface area contributed by atoms with E-state index in [1.54, 1.807) is 45.2 Å². The minimum Gasteiger partial charge on any atom is -0.497 e. The molecule has 3 aliphatic heterocycles. The Morgan fingerprint density at radius 1 is 0.610 bits per heavy atom. The van der Waals surface area contributed by atoms with Crippen LogP contribution in [0.15, 0.2) is 71.6 Å². The highest BCUT2D eigenvalue weighted by Gasteiger charge is 2.27. The number of halogens is 2. The molecule has 1 N–H and O–H groups in total. The first-order chi connectivity index (χ1) is 38.3. The first-order valence-corrected chi connectivity index (χ1v) is 30.3. The highest BCUT2D eigenvalue weighted by molar-refractivity contribution is 7.89. The van der Waals surface area contributed by atoms with Gasteiger partial charge in [0.15, 0.2) is 0 Å². The van der Waals surface area contributed by atoms with Gasteiger partial charge in [-0.15, -0.1) is 12.4 Å². The number of benzene rings is 4. The average Bonchev–Trinajstić information content (AvgIpc) is 3.63. The van der Waals surface area contributed by atoms with Crippen LogP contribution in [0.1, 0.15) is 97.6 Å². The van der Waals surface area contributed by atoms with E-state index in [1.807, 2.05) is 19.1 Å². The van der Waals surface area contributed by atoms with Gasteiger partial charge in [0.1, 0.15) is 17.3 Å². The first kappa shape index (κ1) is 71.0. The number of hydrogen-bond donors (Lipinski definition) is 1. The van der Waals surface area contributed by atoms with Crippen LogP contribution in [-0.4, -0.2) is 165 Å². The monoisotopic (exact) mass is 1180 g/mol. The number of methoxy groups -OCH3 is 1. The molecule has 0 spiro atoms. The zero-order valence-electron chi connectivity index (χ0n) is 51.5. The normalized spacial score (nSPS) is 15.2. The molecule has 0 atom stereocenters. The number of sulfonamides is 1. The lowest BCUT2D eigenvalue weighted by Gasteiger charge is -2.35. The number of hydrogen-bond acceptors (Lipinski definition) is 14. The maximum Gasteiger partial charge on any atom is 0.269 e. The molecule has 0 aromatic heterocycles. The van der Waals surface area contributed by atoms with E-state index in [-0.39, 0.29) is 52.3 Å².